The standard InChI is InChI=1S/C27H44N7O7P/c1-4-14-39-24-22-23(30-27(28)31-24)32(18-29-22)13-17-38-19-42(37,33-11-7-9-20(33)25(35)40-15-5-2)34-12-8-10-21(34)26(36)41-16-6-3/h18,20-21H,4-17,19H2,1-3H3,(H2,28,30,31)/t20-,21-/m0/s1. The number of nitrogens with zero attached hydrogens (tertiary/aromatic N) is 6. The van der Waals surface area contributed by atoms with E-state index in [1.54, 1.807) is 20.2 Å². The number of hydrogen-bond acceptors (Lipinski definition) is 11. The van der Waals surface area contributed by atoms with Crippen LogP contribution in [0.2, 0.25) is 0 Å². The van der Waals surface area contributed by atoms with Gasteiger partial charge in [0.15, 0.2) is 11.2 Å². The molecule has 0 saturated carbocycles. The summed E-state index contributed by atoms with van der Waals surface area (Å²) < 4.78 is 42.9. The zero-order valence-corrected chi connectivity index (χ0v) is 25.8. The van der Waals surface area contributed by atoms with E-state index in [1.165, 1.54) is 0 Å². The zero-order chi connectivity index (χ0) is 30.1. The van der Waals surface area contributed by atoms with E-state index in [0.29, 0.717) is 95.0 Å². The number of rotatable bonds is 16. The number of carbonyl (C=O) groups is 2. The third-order valence-corrected chi connectivity index (χ3v) is 10.4. The van der Waals surface area contributed by atoms with Crippen LogP contribution in [-0.4, -0.2) is 98.7 Å². The van der Waals surface area contributed by atoms with Gasteiger partial charge in [-0.05, 0) is 44.9 Å². The molecule has 2 saturated heterocycles. The van der Waals surface area contributed by atoms with E-state index in [2.05, 4.69) is 15.0 Å². The maximum absolute atomic E-state index is 15.0. The molecule has 0 aromatic carbocycles. The van der Waals surface area contributed by atoms with Crippen LogP contribution in [0.4, 0.5) is 5.95 Å². The molecule has 2 atom stereocenters. The summed E-state index contributed by atoms with van der Waals surface area (Å²) in [5.74, 6) is -0.372. The molecule has 2 aromatic rings. The van der Waals surface area contributed by atoms with Gasteiger partial charge >= 0.3 is 11.9 Å². The Bertz CT molecular complexity index is 1220. The first-order chi connectivity index (χ1) is 20.3. The molecule has 0 aliphatic carbocycles. The summed E-state index contributed by atoms with van der Waals surface area (Å²) in [6.07, 6.45) is 6.12. The van der Waals surface area contributed by atoms with Gasteiger partial charge in [-0.2, -0.15) is 9.97 Å². The number of nitrogens with two attached hydrogens (primary N) is 1. The monoisotopic (exact) mass is 609 g/mol. The van der Waals surface area contributed by atoms with Gasteiger partial charge in [0.2, 0.25) is 19.3 Å². The van der Waals surface area contributed by atoms with Crippen LogP contribution >= 0.6 is 7.44 Å². The minimum atomic E-state index is -3.53. The normalized spacial score (nSPS) is 19.9. The van der Waals surface area contributed by atoms with E-state index in [1.807, 2.05) is 20.8 Å². The fraction of sp³-hybridized carbons (Fsp3) is 0.741. The van der Waals surface area contributed by atoms with E-state index in [0.717, 1.165) is 6.42 Å². The molecule has 2 aliphatic rings. The molecule has 42 heavy (non-hydrogen) atoms. The van der Waals surface area contributed by atoms with E-state index >= 15 is 0 Å². The molecule has 2 aliphatic heterocycles. The first kappa shape index (κ1) is 32.1. The summed E-state index contributed by atoms with van der Waals surface area (Å²) in [5, 5.41) is 0. The van der Waals surface area contributed by atoms with Crippen molar-refractivity contribution in [2.45, 2.75) is 84.3 Å². The number of imidazole rings is 1. The van der Waals surface area contributed by atoms with Crippen molar-refractivity contribution in [3.05, 3.63) is 6.33 Å². The number of fused-ring (bicyclic) bond motifs is 1. The van der Waals surface area contributed by atoms with Gasteiger partial charge in [0, 0.05) is 19.6 Å². The minimum Gasteiger partial charge on any atom is -0.476 e. The van der Waals surface area contributed by atoms with Gasteiger partial charge in [0.1, 0.15) is 18.4 Å². The predicted octanol–water partition coefficient (Wildman–Crippen LogP) is 3.20. The van der Waals surface area contributed by atoms with Crippen molar-refractivity contribution < 1.29 is 33.1 Å². The Hall–Kier alpha value is -2.80. The Morgan fingerprint density at radius 1 is 0.929 bits per heavy atom. The van der Waals surface area contributed by atoms with Crippen LogP contribution < -0.4 is 10.5 Å². The lowest BCUT2D eigenvalue weighted by Gasteiger charge is -2.39. The highest BCUT2D eigenvalue weighted by atomic mass is 31.2. The molecular weight excluding hydrogens is 565 g/mol. The molecule has 2 fully saturated rings. The van der Waals surface area contributed by atoms with Crippen molar-refractivity contribution >= 4 is 36.5 Å². The maximum Gasteiger partial charge on any atom is 0.323 e. The number of anilines is 1. The van der Waals surface area contributed by atoms with Crippen LogP contribution in [0, 0.1) is 0 Å². The molecule has 2 aromatic heterocycles. The second kappa shape index (κ2) is 15.1. The van der Waals surface area contributed by atoms with E-state index in [-0.39, 0.29) is 30.8 Å². The van der Waals surface area contributed by atoms with Crippen LogP contribution in [0.3, 0.4) is 0 Å². The highest BCUT2D eigenvalue weighted by Crippen LogP contribution is 2.59. The topological polar surface area (TPSA) is 164 Å². The summed E-state index contributed by atoms with van der Waals surface area (Å²) in [6.45, 7) is 8.36. The molecule has 2 N–H and O–H groups in total. The van der Waals surface area contributed by atoms with Crippen molar-refractivity contribution in [2.75, 3.05) is 51.6 Å². The molecule has 0 bridgehead atoms. The first-order valence-electron chi connectivity index (χ1n) is 15.0. The van der Waals surface area contributed by atoms with E-state index in [9.17, 15) is 14.2 Å². The SMILES string of the molecule is CCCOC(=O)[C@@H]1CCCN1P(=O)(COCCn1cnc2c(OCCC)nc(N)nc21)N1CCC[C@H]1C(=O)OCCC. The van der Waals surface area contributed by atoms with Gasteiger partial charge in [-0.15, -0.1) is 0 Å². The van der Waals surface area contributed by atoms with Gasteiger partial charge in [-0.1, -0.05) is 20.8 Å². The fourth-order valence-electron chi connectivity index (χ4n) is 5.37. The van der Waals surface area contributed by atoms with Gasteiger partial charge in [0.05, 0.1) is 32.8 Å². The molecule has 234 valence electrons. The average molecular weight is 610 g/mol. The molecule has 4 rings (SSSR count). The van der Waals surface area contributed by atoms with E-state index < -0.39 is 19.5 Å². The number of esters is 2. The van der Waals surface area contributed by atoms with Crippen molar-refractivity contribution in [3.8, 4) is 5.88 Å². The lowest BCUT2D eigenvalue weighted by molar-refractivity contribution is -0.147. The Morgan fingerprint density at radius 3 is 2.10 bits per heavy atom. The van der Waals surface area contributed by atoms with Gasteiger partial charge < -0.3 is 29.2 Å². The van der Waals surface area contributed by atoms with Crippen molar-refractivity contribution in [3.63, 3.8) is 0 Å². The number of hydrogen-bond donors (Lipinski definition) is 1. The van der Waals surface area contributed by atoms with Gasteiger partial charge in [0.25, 0.3) is 0 Å². The molecule has 4 heterocycles. The zero-order valence-electron chi connectivity index (χ0n) is 24.9. The Kier molecular flexibility index (Phi) is 11.5. The average Bonchev–Trinajstić information content (AvgIpc) is 3.76. The Morgan fingerprint density at radius 2 is 1.52 bits per heavy atom. The van der Waals surface area contributed by atoms with Crippen LogP contribution in [-0.2, 0) is 34.9 Å². The Labute approximate surface area is 246 Å². The second-order valence-electron chi connectivity index (χ2n) is 10.5. The highest BCUT2D eigenvalue weighted by Gasteiger charge is 2.51. The van der Waals surface area contributed by atoms with Crippen LogP contribution in [0.25, 0.3) is 11.2 Å². The van der Waals surface area contributed by atoms with Gasteiger partial charge in [-0.3, -0.25) is 14.2 Å². The summed E-state index contributed by atoms with van der Waals surface area (Å²) in [5.41, 5.74) is 6.92. The molecule has 0 spiro atoms. The fourth-order valence-corrected chi connectivity index (χ4v) is 8.52. The van der Waals surface area contributed by atoms with E-state index in [4.69, 9.17) is 24.7 Å². The molecular formula is C27H44N7O7P. The first-order valence-corrected chi connectivity index (χ1v) is 16.8. The molecule has 15 heteroatoms. The third-order valence-electron chi connectivity index (χ3n) is 7.32. The summed E-state index contributed by atoms with van der Waals surface area (Å²) in [6, 6.07) is -1.31. The highest BCUT2D eigenvalue weighted by molar-refractivity contribution is 7.59. The lowest BCUT2D eigenvalue weighted by atomic mass is 10.2. The molecule has 0 unspecified atom stereocenters. The number of nitrogen functional groups attached to an aromatic ring is 1. The maximum atomic E-state index is 15.0. The second-order valence-corrected chi connectivity index (χ2v) is 13.1. The smallest absolute Gasteiger partial charge is 0.323 e. The molecule has 0 amide bonds. The minimum absolute atomic E-state index is 0.0749. The van der Waals surface area contributed by atoms with Crippen molar-refractivity contribution in [1.82, 2.24) is 28.9 Å². The third kappa shape index (κ3) is 7.21. The molecule has 0 radical (unpaired) electrons. The molecule has 14 nitrogen and oxygen atoms in total. The van der Waals surface area contributed by atoms with Crippen molar-refractivity contribution in [2.24, 2.45) is 0 Å². The van der Waals surface area contributed by atoms with Crippen LogP contribution in [0.5, 0.6) is 5.88 Å². The quantitative estimate of drug-likeness (QED) is 0.168. The van der Waals surface area contributed by atoms with Crippen LogP contribution in [0.15, 0.2) is 6.33 Å². The Balaban J connectivity index is 1.52. The summed E-state index contributed by atoms with van der Waals surface area (Å²) >= 11 is 0. The number of aromatic nitrogens is 4. The summed E-state index contributed by atoms with van der Waals surface area (Å²) in [4.78, 5) is 38.9. The lowest BCUT2D eigenvalue weighted by Crippen LogP contribution is -2.45. The van der Waals surface area contributed by atoms with Crippen LogP contribution in [0.1, 0.15) is 65.7 Å². The number of ether oxygens (including phenoxy) is 4. The number of carbonyl (C=O) groups excluding carboxylic acids is 2. The predicted molar refractivity (Wildman–Crippen MR) is 156 cm³/mol. The van der Waals surface area contributed by atoms with Gasteiger partial charge in [-0.25, -0.2) is 14.3 Å². The largest absolute Gasteiger partial charge is 0.476 e. The summed E-state index contributed by atoms with van der Waals surface area (Å²) in [7, 11) is -3.53. The van der Waals surface area contributed by atoms with Crippen molar-refractivity contribution in [1.29, 1.82) is 0 Å².